The average molecular weight is 798 g/mol. The summed E-state index contributed by atoms with van der Waals surface area (Å²) in [6, 6.07) is -0.719. The summed E-state index contributed by atoms with van der Waals surface area (Å²) in [6.45, 7) is 6.38. The van der Waals surface area contributed by atoms with E-state index in [4.69, 9.17) is 4.74 Å². The lowest BCUT2D eigenvalue weighted by molar-refractivity contribution is -0.151. The van der Waals surface area contributed by atoms with Gasteiger partial charge in [-0.05, 0) is 89.9 Å². The molecule has 0 radical (unpaired) electrons. The fraction of sp³-hybridized carbons (Fsp3) is 0.765. The van der Waals surface area contributed by atoms with Crippen molar-refractivity contribution < 1.29 is 24.5 Å². The van der Waals surface area contributed by atoms with Crippen LogP contribution in [0.15, 0.2) is 60.8 Å². The van der Waals surface area contributed by atoms with E-state index >= 15 is 0 Å². The van der Waals surface area contributed by atoms with Gasteiger partial charge in [0.25, 0.3) is 0 Å². The van der Waals surface area contributed by atoms with E-state index < -0.39 is 18.2 Å². The Bertz CT molecular complexity index is 1030. The van der Waals surface area contributed by atoms with Gasteiger partial charge in [-0.1, -0.05) is 184 Å². The smallest absolute Gasteiger partial charge is 0.306 e. The highest BCUT2D eigenvalue weighted by molar-refractivity contribution is 5.77. The van der Waals surface area contributed by atoms with E-state index in [1.807, 2.05) is 0 Å². The van der Waals surface area contributed by atoms with Gasteiger partial charge in [-0.25, -0.2) is 0 Å². The Hall–Kier alpha value is -2.44. The molecule has 0 aliphatic heterocycles. The largest absolute Gasteiger partial charge is 0.462 e. The molecule has 3 unspecified atom stereocenters. The maximum absolute atomic E-state index is 13.1. The third-order valence-electron chi connectivity index (χ3n) is 10.6. The second-order valence-corrected chi connectivity index (χ2v) is 16.2. The van der Waals surface area contributed by atoms with Crippen LogP contribution in [0.25, 0.3) is 0 Å². The number of ether oxygens (including phenoxy) is 1. The summed E-state index contributed by atoms with van der Waals surface area (Å²) in [7, 11) is 0. The van der Waals surface area contributed by atoms with Crippen LogP contribution in [-0.2, 0) is 14.3 Å². The van der Waals surface area contributed by atoms with Crippen LogP contribution in [0.4, 0.5) is 0 Å². The molecule has 0 fully saturated rings. The molecule has 0 aliphatic rings. The van der Waals surface area contributed by atoms with Crippen molar-refractivity contribution in [2.24, 2.45) is 0 Å². The first-order valence-electron chi connectivity index (χ1n) is 24.0. The first kappa shape index (κ1) is 54.6. The minimum Gasteiger partial charge on any atom is -0.462 e. The molecule has 0 rings (SSSR count). The first-order chi connectivity index (χ1) is 28.0. The minimum absolute atomic E-state index is 0.0353. The zero-order chi connectivity index (χ0) is 41.7. The third-order valence-corrected chi connectivity index (χ3v) is 10.6. The molecular weight excluding hydrogens is 707 g/mol. The molecular formula is C51H91NO5. The van der Waals surface area contributed by atoms with Gasteiger partial charge in [0.1, 0.15) is 6.10 Å². The summed E-state index contributed by atoms with van der Waals surface area (Å²) in [4.78, 5) is 26.0. The lowest BCUT2D eigenvalue weighted by atomic mass is 10.0. The van der Waals surface area contributed by atoms with Gasteiger partial charge in [0.15, 0.2) is 0 Å². The molecule has 1 amide bonds. The SMILES string of the molecule is CCCCC/C=C\C/C=C\C/C=C\C/C=C\CCCC(CC(=O)NC(CO)C(O)CCCCCCCCCCC)OC(=O)CCCCCCC/C=C\CCCCC. The van der Waals surface area contributed by atoms with Gasteiger partial charge in [0.2, 0.25) is 5.91 Å². The van der Waals surface area contributed by atoms with E-state index in [2.05, 4.69) is 86.8 Å². The Balaban J connectivity index is 4.73. The number of amides is 1. The van der Waals surface area contributed by atoms with Crippen molar-refractivity contribution in [1.82, 2.24) is 5.32 Å². The lowest BCUT2D eigenvalue weighted by Gasteiger charge is -2.24. The molecule has 0 bridgehead atoms. The second-order valence-electron chi connectivity index (χ2n) is 16.2. The van der Waals surface area contributed by atoms with E-state index in [1.165, 1.54) is 103 Å². The number of nitrogens with one attached hydrogen (secondary N) is 1. The van der Waals surface area contributed by atoms with Crippen molar-refractivity contribution in [3.05, 3.63) is 60.8 Å². The maximum atomic E-state index is 13.1. The number of carbonyl (C=O) groups excluding carboxylic acids is 2. The summed E-state index contributed by atoms with van der Waals surface area (Å²) in [5, 5.41) is 23.6. The summed E-state index contributed by atoms with van der Waals surface area (Å²) in [5.74, 6) is -0.542. The van der Waals surface area contributed by atoms with Crippen LogP contribution in [0.2, 0.25) is 0 Å². The van der Waals surface area contributed by atoms with Crippen LogP contribution in [0, 0.1) is 0 Å². The molecule has 0 aromatic rings. The van der Waals surface area contributed by atoms with Crippen LogP contribution in [-0.4, -0.2) is 46.9 Å². The minimum atomic E-state index is -0.802. The summed E-state index contributed by atoms with van der Waals surface area (Å²) in [5.41, 5.74) is 0. The number of hydrogen-bond acceptors (Lipinski definition) is 5. The van der Waals surface area contributed by atoms with Crippen molar-refractivity contribution in [3.8, 4) is 0 Å². The van der Waals surface area contributed by atoms with E-state index in [1.54, 1.807) is 0 Å². The highest BCUT2D eigenvalue weighted by Gasteiger charge is 2.24. The van der Waals surface area contributed by atoms with Gasteiger partial charge in [0, 0.05) is 6.42 Å². The molecule has 0 saturated carbocycles. The zero-order valence-corrected chi connectivity index (χ0v) is 37.5. The van der Waals surface area contributed by atoms with Gasteiger partial charge in [-0.15, -0.1) is 0 Å². The Kier molecular flexibility index (Phi) is 42.7. The Morgan fingerprint density at radius 2 is 0.912 bits per heavy atom. The number of hydrogen-bond donors (Lipinski definition) is 3. The Morgan fingerprint density at radius 1 is 0.509 bits per heavy atom. The summed E-state index contributed by atoms with van der Waals surface area (Å²) in [6.07, 6.45) is 54.2. The van der Waals surface area contributed by atoms with Crippen molar-refractivity contribution >= 4 is 11.9 Å². The number of rotatable bonds is 42. The molecule has 3 atom stereocenters. The van der Waals surface area contributed by atoms with Crippen LogP contribution in [0.1, 0.15) is 226 Å². The Morgan fingerprint density at radius 3 is 1.44 bits per heavy atom. The fourth-order valence-electron chi connectivity index (χ4n) is 6.88. The van der Waals surface area contributed by atoms with Crippen LogP contribution in [0.3, 0.4) is 0 Å². The fourth-order valence-corrected chi connectivity index (χ4v) is 6.88. The first-order valence-corrected chi connectivity index (χ1v) is 24.0. The molecule has 57 heavy (non-hydrogen) atoms. The molecule has 0 aliphatic carbocycles. The number of aliphatic hydroxyl groups is 2. The van der Waals surface area contributed by atoms with E-state index in [0.717, 1.165) is 77.0 Å². The number of aliphatic hydroxyl groups excluding tert-OH is 2. The van der Waals surface area contributed by atoms with Crippen LogP contribution >= 0.6 is 0 Å². The highest BCUT2D eigenvalue weighted by atomic mass is 16.5. The molecule has 0 saturated heterocycles. The molecule has 6 nitrogen and oxygen atoms in total. The molecule has 0 spiro atoms. The van der Waals surface area contributed by atoms with E-state index in [-0.39, 0.29) is 24.9 Å². The number of esters is 1. The van der Waals surface area contributed by atoms with Crippen molar-refractivity contribution in [3.63, 3.8) is 0 Å². The van der Waals surface area contributed by atoms with Crippen molar-refractivity contribution in [2.75, 3.05) is 6.61 Å². The average Bonchev–Trinajstić information content (AvgIpc) is 3.20. The molecule has 6 heteroatoms. The van der Waals surface area contributed by atoms with E-state index in [9.17, 15) is 19.8 Å². The predicted octanol–water partition coefficient (Wildman–Crippen LogP) is 14.1. The van der Waals surface area contributed by atoms with Gasteiger partial charge >= 0.3 is 5.97 Å². The van der Waals surface area contributed by atoms with Gasteiger partial charge in [0.05, 0.1) is 25.2 Å². The molecule has 0 aromatic heterocycles. The van der Waals surface area contributed by atoms with Crippen molar-refractivity contribution in [1.29, 1.82) is 0 Å². The van der Waals surface area contributed by atoms with Crippen molar-refractivity contribution in [2.45, 2.75) is 244 Å². The van der Waals surface area contributed by atoms with E-state index in [0.29, 0.717) is 19.3 Å². The highest BCUT2D eigenvalue weighted by Crippen LogP contribution is 2.16. The third kappa shape index (κ3) is 40.1. The molecule has 0 heterocycles. The summed E-state index contributed by atoms with van der Waals surface area (Å²) >= 11 is 0. The number of unbranched alkanes of at least 4 members (excludes halogenated alkanes) is 20. The zero-order valence-electron chi connectivity index (χ0n) is 37.5. The Labute approximate surface area is 352 Å². The molecule has 3 N–H and O–H groups in total. The second kappa shape index (κ2) is 44.7. The quantitative estimate of drug-likeness (QED) is 0.0325. The van der Waals surface area contributed by atoms with Gasteiger partial charge in [-0.2, -0.15) is 0 Å². The van der Waals surface area contributed by atoms with Crippen LogP contribution < -0.4 is 5.32 Å². The van der Waals surface area contributed by atoms with Gasteiger partial charge < -0.3 is 20.3 Å². The predicted molar refractivity (Wildman–Crippen MR) is 245 cm³/mol. The number of carbonyl (C=O) groups is 2. The van der Waals surface area contributed by atoms with Crippen LogP contribution in [0.5, 0.6) is 0 Å². The normalized spacial score (nSPS) is 13.8. The summed E-state index contributed by atoms with van der Waals surface area (Å²) < 4.78 is 5.88. The maximum Gasteiger partial charge on any atom is 0.306 e. The topological polar surface area (TPSA) is 95.9 Å². The molecule has 0 aromatic carbocycles. The molecule has 330 valence electrons. The monoisotopic (exact) mass is 798 g/mol. The lowest BCUT2D eigenvalue weighted by Crippen LogP contribution is -2.46. The standard InChI is InChI=1S/C51H91NO5/c1-4-7-10-13-16-19-21-23-24-25-26-27-28-31-33-36-39-42-47(57-51(56)44-41-38-35-32-29-22-20-17-14-11-8-5-2)45-50(55)52-48(46-53)49(54)43-40-37-34-30-18-15-12-9-6-3/h16-17,19-20,23-24,26-27,31,33,47-49,53-54H,4-15,18,21-22,25,28-30,32,34-46H2,1-3H3,(H,52,55)/b19-16-,20-17-,24-23-,27-26-,33-31-. The number of allylic oxidation sites excluding steroid dienone is 10. The van der Waals surface area contributed by atoms with Gasteiger partial charge in [-0.3, -0.25) is 9.59 Å².